The summed E-state index contributed by atoms with van der Waals surface area (Å²) in [6.07, 6.45) is 7.71. The molecule has 0 aromatic heterocycles. The van der Waals surface area contributed by atoms with E-state index in [4.69, 9.17) is 22.7 Å². The summed E-state index contributed by atoms with van der Waals surface area (Å²) >= 11 is 5.20. The van der Waals surface area contributed by atoms with E-state index in [0.717, 1.165) is 38.5 Å². The third-order valence-corrected chi connectivity index (χ3v) is 4.40. The molecule has 102 valence electrons. The normalized spacial score (nSPS) is 27.4. The van der Waals surface area contributed by atoms with Gasteiger partial charge in [0.25, 0.3) is 0 Å². The number of carbonyl (C=O) groups excluding carboxylic acids is 1. The highest BCUT2D eigenvalue weighted by Crippen LogP contribution is 2.28. The summed E-state index contributed by atoms with van der Waals surface area (Å²) < 4.78 is 5.42. The molecule has 0 spiro atoms. The van der Waals surface area contributed by atoms with Crippen LogP contribution in [-0.4, -0.2) is 29.1 Å². The number of nitrogens with one attached hydrogen (secondary N) is 1. The number of rotatable bonds is 3. The van der Waals surface area contributed by atoms with Crippen molar-refractivity contribution in [3.05, 3.63) is 0 Å². The van der Waals surface area contributed by atoms with Crippen LogP contribution in [0, 0.1) is 0 Å². The Kier molecular flexibility index (Phi) is 4.56. The van der Waals surface area contributed by atoms with Crippen molar-refractivity contribution in [1.29, 1.82) is 0 Å². The van der Waals surface area contributed by atoms with Crippen LogP contribution in [0.5, 0.6) is 0 Å². The molecule has 4 nitrogen and oxygen atoms in total. The molecule has 2 rings (SSSR count). The molecule has 1 aliphatic heterocycles. The number of carbonyl (C=O) groups is 1. The molecule has 2 fully saturated rings. The van der Waals surface area contributed by atoms with Gasteiger partial charge in [0.2, 0.25) is 5.91 Å². The Bertz CT molecular complexity index is 319. The average Bonchev–Trinajstić information content (AvgIpc) is 2.77. The molecule has 0 aromatic carbocycles. The molecule has 0 radical (unpaired) electrons. The molecule has 1 heterocycles. The van der Waals surface area contributed by atoms with Gasteiger partial charge < -0.3 is 15.8 Å². The van der Waals surface area contributed by atoms with Crippen molar-refractivity contribution in [2.24, 2.45) is 5.73 Å². The second kappa shape index (κ2) is 5.97. The first-order chi connectivity index (χ1) is 8.64. The second-order valence-electron chi connectivity index (χ2n) is 5.35. The molecule has 1 unspecified atom stereocenters. The molecule has 2 aliphatic rings. The van der Waals surface area contributed by atoms with Gasteiger partial charge in [0.1, 0.15) is 6.10 Å². The van der Waals surface area contributed by atoms with Crippen molar-refractivity contribution in [3.8, 4) is 0 Å². The summed E-state index contributed by atoms with van der Waals surface area (Å²) in [5, 5.41) is 3.08. The van der Waals surface area contributed by atoms with E-state index in [2.05, 4.69) is 5.32 Å². The number of hydrogen-bond donors (Lipinski definition) is 2. The lowest BCUT2D eigenvalue weighted by Crippen LogP contribution is -2.58. The Morgan fingerprint density at radius 2 is 1.89 bits per heavy atom. The highest BCUT2D eigenvalue weighted by atomic mass is 32.1. The lowest BCUT2D eigenvalue weighted by Gasteiger charge is -2.33. The van der Waals surface area contributed by atoms with Crippen LogP contribution in [-0.2, 0) is 9.53 Å². The maximum absolute atomic E-state index is 12.2. The lowest BCUT2D eigenvalue weighted by molar-refractivity contribution is -0.131. The van der Waals surface area contributed by atoms with Crippen molar-refractivity contribution < 1.29 is 9.53 Å². The first kappa shape index (κ1) is 13.7. The van der Waals surface area contributed by atoms with E-state index in [1.165, 1.54) is 12.8 Å². The number of thiocarbonyl (C=S) groups is 1. The summed E-state index contributed by atoms with van der Waals surface area (Å²) in [5.74, 6) is -0.0396. The molecule has 0 aromatic rings. The van der Waals surface area contributed by atoms with E-state index >= 15 is 0 Å². The SMILES string of the molecule is NC(=S)C1(NC(=O)C2CCCO2)CCCCCC1. The molecule has 1 atom stereocenters. The fraction of sp³-hybridized carbons (Fsp3) is 0.846. The van der Waals surface area contributed by atoms with Gasteiger partial charge >= 0.3 is 0 Å². The van der Waals surface area contributed by atoms with E-state index < -0.39 is 5.54 Å². The highest BCUT2D eigenvalue weighted by molar-refractivity contribution is 7.80. The first-order valence-electron chi connectivity index (χ1n) is 6.88. The van der Waals surface area contributed by atoms with Gasteiger partial charge in [0.15, 0.2) is 0 Å². The van der Waals surface area contributed by atoms with Crippen LogP contribution in [0.3, 0.4) is 0 Å². The molecule has 1 saturated carbocycles. The van der Waals surface area contributed by atoms with Crippen LogP contribution in [0.25, 0.3) is 0 Å². The predicted octanol–water partition coefficient (Wildman–Crippen LogP) is 1.66. The Balaban J connectivity index is 2.04. The Morgan fingerprint density at radius 1 is 1.22 bits per heavy atom. The van der Waals surface area contributed by atoms with Crippen molar-refractivity contribution in [1.82, 2.24) is 5.32 Å². The van der Waals surface area contributed by atoms with Crippen LogP contribution in [0.4, 0.5) is 0 Å². The van der Waals surface area contributed by atoms with Gasteiger partial charge in [-0.3, -0.25) is 4.79 Å². The van der Waals surface area contributed by atoms with E-state index in [9.17, 15) is 4.79 Å². The first-order valence-corrected chi connectivity index (χ1v) is 7.28. The molecule has 1 saturated heterocycles. The van der Waals surface area contributed by atoms with Crippen LogP contribution in [0.1, 0.15) is 51.4 Å². The number of amides is 1. The Labute approximate surface area is 114 Å². The van der Waals surface area contributed by atoms with E-state index in [0.29, 0.717) is 11.6 Å². The molecular weight excluding hydrogens is 248 g/mol. The standard InChI is InChI=1S/C13H22N2O2S/c14-12(18)13(7-3-1-2-4-8-13)15-11(16)10-6-5-9-17-10/h10H,1-9H2,(H2,14,18)(H,15,16). The average molecular weight is 270 g/mol. The van der Waals surface area contributed by atoms with Gasteiger partial charge in [-0.05, 0) is 25.7 Å². The van der Waals surface area contributed by atoms with Gasteiger partial charge in [0, 0.05) is 6.61 Å². The van der Waals surface area contributed by atoms with Crippen LogP contribution in [0.2, 0.25) is 0 Å². The van der Waals surface area contributed by atoms with Gasteiger partial charge in [-0.25, -0.2) is 0 Å². The lowest BCUT2D eigenvalue weighted by atomic mass is 9.89. The Morgan fingerprint density at radius 3 is 2.39 bits per heavy atom. The molecule has 3 N–H and O–H groups in total. The third-order valence-electron chi connectivity index (χ3n) is 4.01. The fourth-order valence-corrected chi connectivity index (χ4v) is 3.12. The maximum Gasteiger partial charge on any atom is 0.249 e. The van der Waals surface area contributed by atoms with Crippen molar-refractivity contribution in [2.45, 2.75) is 63.0 Å². The fourth-order valence-electron chi connectivity index (χ4n) is 2.87. The molecule has 1 amide bonds. The topological polar surface area (TPSA) is 64.3 Å². The third kappa shape index (κ3) is 3.01. The maximum atomic E-state index is 12.2. The molecule has 1 aliphatic carbocycles. The van der Waals surface area contributed by atoms with Gasteiger partial charge in [-0.15, -0.1) is 0 Å². The summed E-state index contributed by atoms with van der Waals surface area (Å²) in [6, 6.07) is 0. The number of hydrogen-bond acceptors (Lipinski definition) is 3. The monoisotopic (exact) mass is 270 g/mol. The number of nitrogens with two attached hydrogens (primary N) is 1. The smallest absolute Gasteiger partial charge is 0.249 e. The zero-order valence-corrected chi connectivity index (χ0v) is 11.6. The zero-order chi connectivity index (χ0) is 13.0. The largest absolute Gasteiger partial charge is 0.391 e. The summed E-state index contributed by atoms with van der Waals surface area (Å²) in [5.41, 5.74) is 5.42. The minimum absolute atomic E-state index is 0.0396. The van der Waals surface area contributed by atoms with Crippen molar-refractivity contribution in [3.63, 3.8) is 0 Å². The minimum atomic E-state index is -0.477. The molecular formula is C13H22N2O2S. The van der Waals surface area contributed by atoms with E-state index in [1.807, 2.05) is 0 Å². The van der Waals surface area contributed by atoms with Gasteiger partial charge in [-0.1, -0.05) is 37.9 Å². The summed E-state index contributed by atoms with van der Waals surface area (Å²) in [7, 11) is 0. The molecule has 0 bridgehead atoms. The van der Waals surface area contributed by atoms with Crippen molar-refractivity contribution >= 4 is 23.1 Å². The highest BCUT2D eigenvalue weighted by Gasteiger charge is 2.37. The second-order valence-corrected chi connectivity index (χ2v) is 5.79. The number of ether oxygens (including phenoxy) is 1. The summed E-state index contributed by atoms with van der Waals surface area (Å²) in [6.45, 7) is 0.679. The zero-order valence-electron chi connectivity index (χ0n) is 10.7. The van der Waals surface area contributed by atoms with Crippen LogP contribution in [0.15, 0.2) is 0 Å². The summed E-state index contributed by atoms with van der Waals surface area (Å²) in [4.78, 5) is 12.6. The molecule has 18 heavy (non-hydrogen) atoms. The van der Waals surface area contributed by atoms with Crippen LogP contribution < -0.4 is 11.1 Å². The Hall–Kier alpha value is -0.680. The van der Waals surface area contributed by atoms with E-state index in [1.54, 1.807) is 0 Å². The molecule has 5 heteroatoms. The van der Waals surface area contributed by atoms with Crippen molar-refractivity contribution in [2.75, 3.05) is 6.61 Å². The minimum Gasteiger partial charge on any atom is -0.391 e. The quantitative estimate of drug-likeness (QED) is 0.605. The van der Waals surface area contributed by atoms with Gasteiger partial charge in [-0.2, -0.15) is 0 Å². The van der Waals surface area contributed by atoms with Crippen LogP contribution >= 0.6 is 12.2 Å². The van der Waals surface area contributed by atoms with E-state index in [-0.39, 0.29) is 12.0 Å². The van der Waals surface area contributed by atoms with Gasteiger partial charge in [0.05, 0.1) is 10.5 Å². The predicted molar refractivity (Wildman–Crippen MR) is 74.3 cm³/mol.